The molecule has 0 aromatic carbocycles. The fourth-order valence-electron chi connectivity index (χ4n) is 1.20. The fraction of sp³-hybridized carbons (Fsp3) is 0.500. The Labute approximate surface area is 121 Å². The van der Waals surface area contributed by atoms with E-state index in [1.807, 2.05) is 18.9 Å². The van der Waals surface area contributed by atoms with Gasteiger partial charge in [-0.05, 0) is 35.6 Å². The highest BCUT2D eigenvalue weighted by Gasteiger charge is 2.18. The molecule has 102 valence electrons. The van der Waals surface area contributed by atoms with Crippen LogP contribution in [0.1, 0.15) is 6.92 Å². The van der Waals surface area contributed by atoms with Crippen molar-refractivity contribution in [2.24, 2.45) is 0 Å². The molecule has 1 rings (SSSR count). The van der Waals surface area contributed by atoms with Crippen LogP contribution in [0.3, 0.4) is 0 Å². The van der Waals surface area contributed by atoms with Crippen LogP contribution in [0.5, 0.6) is 0 Å². The van der Waals surface area contributed by atoms with Crippen molar-refractivity contribution < 1.29 is 8.42 Å². The number of nitrogens with zero attached hydrogens (tertiary/aromatic N) is 2. The molecule has 0 aliphatic heterocycles. The summed E-state index contributed by atoms with van der Waals surface area (Å²) in [5, 5.41) is -0.0328. The molecule has 1 aromatic heterocycles. The third-order valence-electron chi connectivity index (χ3n) is 2.39. The van der Waals surface area contributed by atoms with E-state index in [4.69, 9.17) is 11.6 Å². The van der Waals surface area contributed by atoms with E-state index < -0.39 is 10.0 Å². The second-order valence-corrected chi connectivity index (χ2v) is 6.75. The Kier molecular flexibility index (Phi) is 6.00. The number of pyridine rings is 1. The molecule has 0 saturated carbocycles. The minimum Gasteiger partial charge on any atom is -0.305 e. The smallest absolute Gasteiger partial charge is 0.243 e. The summed E-state index contributed by atoms with van der Waals surface area (Å²) in [6.07, 6.45) is 1.45. The summed E-state index contributed by atoms with van der Waals surface area (Å²) >= 11 is 8.96. The fourth-order valence-corrected chi connectivity index (χ4v) is 3.16. The van der Waals surface area contributed by atoms with E-state index in [-0.39, 0.29) is 10.0 Å². The molecule has 0 atom stereocenters. The second kappa shape index (κ2) is 6.81. The lowest BCUT2D eigenvalue weighted by atomic mass is 10.5. The molecule has 5 nitrogen and oxygen atoms in total. The Morgan fingerprint density at radius 1 is 1.56 bits per heavy atom. The molecule has 0 spiro atoms. The zero-order valence-corrected chi connectivity index (χ0v) is 13.3. The summed E-state index contributed by atoms with van der Waals surface area (Å²) in [6.45, 7) is 3.83. The number of sulfonamides is 1. The molecule has 1 N–H and O–H groups in total. The molecular weight excluding hydrogens is 342 g/mol. The number of hydrogen-bond acceptors (Lipinski definition) is 4. The van der Waals surface area contributed by atoms with E-state index in [0.717, 1.165) is 6.54 Å². The van der Waals surface area contributed by atoms with E-state index in [2.05, 4.69) is 25.6 Å². The van der Waals surface area contributed by atoms with E-state index in [9.17, 15) is 8.42 Å². The Balaban J connectivity index is 2.77. The normalized spacial score (nSPS) is 12.1. The van der Waals surface area contributed by atoms with Crippen molar-refractivity contribution in [3.63, 3.8) is 0 Å². The summed E-state index contributed by atoms with van der Waals surface area (Å²) in [5.41, 5.74) is 0. The van der Waals surface area contributed by atoms with Gasteiger partial charge in [-0.3, -0.25) is 0 Å². The lowest BCUT2D eigenvalue weighted by Gasteiger charge is -2.14. The summed E-state index contributed by atoms with van der Waals surface area (Å²) in [5.74, 6) is 0. The largest absolute Gasteiger partial charge is 0.305 e. The molecule has 18 heavy (non-hydrogen) atoms. The van der Waals surface area contributed by atoms with Gasteiger partial charge in [-0.1, -0.05) is 18.5 Å². The van der Waals surface area contributed by atoms with E-state index in [1.54, 1.807) is 0 Å². The van der Waals surface area contributed by atoms with Gasteiger partial charge in [-0.2, -0.15) is 0 Å². The van der Waals surface area contributed by atoms with E-state index >= 15 is 0 Å². The molecule has 0 saturated heterocycles. The van der Waals surface area contributed by atoms with Crippen molar-refractivity contribution >= 4 is 37.6 Å². The maximum absolute atomic E-state index is 12.0. The summed E-state index contributed by atoms with van der Waals surface area (Å²) in [4.78, 5) is 5.78. The van der Waals surface area contributed by atoms with Gasteiger partial charge in [-0.15, -0.1) is 0 Å². The number of aromatic nitrogens is 1. The van der Waals surface area contributed by atoms with Crippen LogP contribution in [0.2, 0.25) is 5.15 Å². The zero-order valence-electron chi connectivity index (χ0n) is 10.2. The van der Waals surface area contributed by atoms with Crippen LogP contribution in [-0.4, -0.2) is 45.0 Å². The minimum atomic E-state index is -3.62. The number of likely N-dealkylation sites (N-methyl/N-ethyl adjacent to an activating group) is 1. The molecule has 0 aliphatic carbocycles. The molecule has 1 heterocycles. The van der Waals surface area contributed by atoms with Gasteiger partial charge in [0.2, 0.25) is 10.0 Å². The average molecular weight is 357 g/mol. The first-order valence-electron chi connectivity index (χ1n) is 5.36. The molecule has 0 bridgehead atoms. The van der Waals surface area contributed by atoms with Gasteiger partial charge in [0.1, 0.15) is 10.0 Å². The predicted octanol–water partition coefficient (Wildman–Crippen LogP) is 1.73. The highest BCUT2D eigenvalue weighted by Crippen LogP contribution is 2.22. The molecule has 0 aliphatic rings. The molecular formula is C10H15BrClN3O2S. The van der Waals surface area contributed by atoms with Crippen LogP contribution < -0.4 is 4.72 Å². The van der Waals surface area contributed by atoms with Crippen LogP contribution >= 0.6 is 27.5 Å². The van der Waals surface area contributed by atoms with Gasteiger partial charge >= 0.3 is 0 Å². The van der Waals surface area contributed by atoms with Crippen molar-refractivity contribution in [2.45, 2.75) is 11.8 Å². The molecule has 0 radical (unpaired) electrons. The molecule has 1 aromatic rings. The quantitative estimate of drug-likeness (QED) is 0.789. The number of rotatable bonds is 6. The third kappa shape index (κ3) is 4.47. The first-order chi connectivity index (χ1) is 8.36. The molecule has 0 fully saturated rings. The summed E-state index contributed by atoms with van der Waals surface area (Å²) in [7, 11) is -1.70. The maximum atomic E-state index is 12.0. The Hall–Kier alpha value is -0.210. The Morgan fingerprint density at radius 2 is 2.22 bits per heavy atom. The van der Waals surface area contributed by atoms with Gasteiger partial charge in [-0.25, -0.2) is 18.1 Å². The third-order valence-corrected chi connectivity index (χ3v) is 4.71. The van der Waals surface area contributed by atoms with Gasteiger partial charge in [0.05, 0.1) is 0 Å². The topological polar surface area (TPSA) is 62.3 Å². The lowest BCUT2D eigenvalue weighted by Crippen LogP contribution is -2.33. The van der Waals surface area contributed by atoms with Crippen LogP contribution in [0, 0.1) is 0 Å². The van der Waals surface area contributed by atoms with Crippen molar-refractivity contribution in [2.75, 3.05) is 26.7 Å². The SMILES string of the molecule is CCN(C)CCNS(=O)(=O)c1cc(Br)cnc1Cl. The van der Waals surface area contributed by atoms with Crippen molar-refractivity contribution in [1.29, 1.82) is 0 Å². The average Bonchev–Trinajstić information content (AvgIpc) is 2.31. The van der Waals surface area contributed by atoms with Crippen molar-refractivity contribution in [1.82, 2.24) is 14.6 Å². The standard InChI is InChI=1S/C10H15BrClN3O2S/c1-3-15(2)5-4-14-18(16,17)9-6-8(11)7-13-10(9)12/h6-7,14H,3-5H2,1-2H3. The van der Waals surface area contributed by atoms with Crippen molar-refractivity contribution in [3.8, 4) is 0 Å². The van der Waals surface area contributed by atoms with Crippen LogP contribution in [-0.2, 0) is 10.0 Å². The van der Waals surface area contributed by atoms with E-state index in [1.165, 1.54) is 12.3 Å². The monoisotopic (exact) mass is 355 g/mol. The number of hydrogen-bond donors (Lipinski definition) is 1. The van der Waals surface area contributed by atoms with Gasteiger partial charge in [0.25, 0.3) is 0 Å². The zero-order chi connectivity index (χ0) is 13.8. The molecule has 0 amide bonds. The second-order valence-electron chi connectivity index (χ2n) is 3.74. The Morgan fingerprint density at radius 3 is 2.83 bits per heavy atom. The summed E-state index contributed by atoms with van der Waals surface area (Å²) < 4.78 is 27.1. The van der Waals surface area contributed by atoms with Crippen LogP contribution in [0.4, 0.5) is 0 Å². The lowest BCUT2D eigenvalue weighted by molar-refractivity contribution is 0.358. The number of halogens is 2. The first-order valence-corrected chi connectivity index (χ1v) is 8.01. The van der Waals surface area contributed by atoms with Crippen molar-refractivity contribution in [3.05, 3.63) is 21.9 Å². The van der Waals surface area contributed by atoms with Gasteiger partial charge in [0, 0.05) is 23.8 Å². The van der Waals surface area contributed by atoms with E-state index in [0.29, 0.717) is 17.6 Å². The maximum Gasteiger partial charge on any atom is 0.243 e. The Bertz CT molecular complexity index is 510. The molecule has 0 unspecified atom stereocenters. The summed E-state index contributed by atoms with van der Waals surface area (Å²) in [6, 6.07) is 1.43. The van der Waals surface area contributed by atoms with Gasteiger partial charge in [0.15, 0.2) is 0 Å². The highest BCUT2D eigenvalue weighted by molar-refractivity contribution is 9.10. The van der Waals surface area contributed by atoms with Crippen LogP contribution in [0.25, 0.3) is 0 Å². The van der Waals surface area contributed by atoms with Crippen LogP contribution in [0.15, 0.2) is 21.6 Å². The molecule has 8 heteroatoms. The van der Waals surface area contributed by atoms with Gasteiger partial charge < -0.3 is 4.90 Å². The minimum absolute atomic E-state index is 0.0160. The number of nitrogens with one attached hydrogen (secondary N) is 1. The highest BCUT2D eigenvalue weighted by atomic mass is 79.9. The predicted molar refractivity (Wildman–Crippen MR) is 75.3 cm³/mol. The first kappa shape index (κ1) is 15.8.